The number of carboxylic acids is 1. The summed E-state index contributed by atoms with van der Waals surface area (Å²) in [7, 11) is 0. The van der Waals surface area contributed by atoms with Gasteiger partial charge in [0.2, 0.25) is 0 Å². The van der Waals surface area contributed by atoms with E-state index >= 15 is 0 Å². The number of carbonyl (C=O) groups excluding carboxylic acids is 2. The average molecular weight is 375 g/mol. The number of nitrogens with one attached hydrogen (secondary N) is 2. The van der Waals surface area contributed by atoms with Crippen LogP contribution in [0.3, 0.4) is 0 Å². The fourth-order valence-corrected chi connectivity index (χ4v) is 2.61. The summed E-state index contributed by atoms with van der Waals surface area (Å²) in [5, 5.41) is 14.5. The van der Waals surface area contributed by atoms with E-state index in [1.807, 2.05) is 32.0 Å². The maximum atomic E-state index is 12.9. The average Bonchev–Trinajstić information content (AvgIpc) is 2.59. The number of hydrogen-bond donors (Lipinski definition) is 3. The fourth-order valence-electron chi connectivity index (χ4n) is 2.48. The zero-order valence-electron chi connectivity index (χ0n) is 14.4. The van der Waals surface area contributed by atoms with Crippen LogP contribution in [0.5, 0.6) is 0 Å². The van der Waals surface area contributed by atoms with Gasteiger partial charge in [-0.1, -0.05) is 29.8 Å². The topological polar surface area (TPSA) is 95.5 Å². The molecule has 7 heteroatoms. The van der Waals surface area contributed by atoms with E-state index in [4.69, 9.17) is 16.7 Å². The van der Waals surface area contributed by atoms with Crippen LogP contribution in [0.15, 0.2) is 42.5 Å². The minimum atomic E-state index is -1.27. The van der Waals surface area contributed by atoms with Gasteiger partial charge in [0.1, 0.15) is 6.54 Å². The predicted molar refractivity (Wildman–Crippen MR) is 99.8 cm³/mol. The van der Waals surface area contributed by atoms with Crippen molar-refractivity contribution in [2.24, 2.45) is 0 Å². The number of ketones is 1. The van der Waals surface area contributed by atoms with Crippen molar-refractivity contribution in [3.63, 3.8) is 0 Å². The van der Waals surface area contributed by atoms with Crippen LogP contribution in [-0.2, 0) is 9.59 Å². The maximum Gasteiger partial charge on any atom is 0.322 e. The molecule has 0 bridgehead atoms. The third-order valence-corrected chi connectivity index (χ3v) is 4.09. The molecule has 0 saturated carbocycles. The van der Waals surface area contributed by atoms with Gasteiger partial charge >= 0.3 is 5.97 Å². The number of aryl methyl sites for hydroxylation is 2. The molecule has 3 N–H and O–H groups in total. The van der Waals surface area contributed by atoms with E-state index in [1.165, 1.54) is 12.1 Å². The molecule has 0 heterocycles. The first-order valence-corrected chi connectivity index (χ1v) is 8.29. The lowest BCUT2D eigenvalue weighted by atomic mass is 10.0. The maximum absolute atomic E-state index is 12.9. The summed E-state index contributed by atoms with van der Waals surface area (Å²) >= 11 is 5.84. The molecule has 0 aliphatic carbocycles. The van der Waals surface area contributed by atoms with Gasteiger partial charge in [-0.25, -0.2) is 0 Å². The Morgan fingerprint density at radius 1 is 1.04 bits per heavy atom. The lowest BCUT2D eigenvalue weighted by Crippen LogP contribution is -2.46. The van der Waals surface area contributed by atoms with E-state index in [0.717, 1.165) is 11.1 Å². The normalized spacial score (nSPS) is 11.5. The molecule has 1 unspecified atom stereocenters. The van der Waals surface area contributed by atoms with Crippen LogP contribution in [-0.4, -0.2) is 35.4 Å². The molecule has 1 atom stereocenters. The second kappa shape index (κ2) is 8.49. The Kier molecular flexibility index (Phi) is 6.36. The lowest BCUT2D eigenvalue weighted by Gasteiger charge is -2.21. The third-order valence-electron chi connectivity index (χ3n) is 3.84. The third kappa shape index (κ3) is 4.83. The highest BCUT2D eigenvalue weighted by molar-refractivity contribution is 6.30. The molecule has 0 radical (unpaired) electrons. The highest BCUT2D eigenvalue weighted by atomic mass is 35.5. The summed E-state index contributed by atoms with van der Waals surface area (Å²) in [5.74, 6) is -2.38. The number of benzene rings is 2. The van der Waals surface area contributed by atoms with Gasteiger partial charge in [0.05, 0.1) is 0 Å². The number of halogens is 1. The van der Waals surface area contributed by atoms with Crippen LogP contribution in [0.4, 0.5) is 5.69 Å². The first-order chi connectivity index (χ1) is 12.3. The highest BCUT2D eigenvalue weighted by Crippen LogP contribution is 2.22. The van der Waals surface area contributed by atoms with Gasteiger partial charge in [-0.05, 0) is 49.2 Å². The molecule has 0 spiro atoms. The second-order valence-corrected chi connectivity index (χ2v) is 6.26. The summed E-state index contributed by atoms with van der Waals surface area (Å²) < 4.78 is 0. The molecule has 0 fully saturated rings. The quantitative estimate of drug-likeness (QED) is 0.511. The number of hydrogen-bond acceptors (Lipinski definition) is 4. The van der Waals surface area contributed by atoms with Gasteiger partial charge in [-0.2, -0.15) is 0 Å². The van der Waals surface area contributed by atoms with Crippen molar-refractivity contribution in [3.05, 3.63) is 64.2 Å². The zero-order valence-corrected chi connectivity index (χ0v) is 15.1. The van der Waals surface area contributed by atoms with Crippen LogP contribution < -0.4 is 10.6 Å². The van der Waals surface area contributed by atoms with Crippen molar-refractivity contribution in [1.82, 2.24) is 5.32 Å². The number of anilines is 1. The van der Waals surface area contributed by atoms with E-state index in [1.54, 1.807) is 12.1 Å². The number of carbonyl (C=O) groups is 3. The van der Waals surface area contributed by atoms with Crippen molar-refractivity contribution in [3.8, 4) is 0 Å². The Morgan fingerprint density at radius 2 is 1.62 bits per heavy atom. The number of carboxylic acid groups (broad SMARTS) is 1. The van der Waals surface area contributed by atoms with E-state index in [9.17, 15) is 14.4 Å². The van der Waals surface area contributed by atoms with Crippen molar-refractivity contribution in [2.45, 2.75) is 19.9 Å². The monoisotopic (exact) mass is 374 g/mol. The molecule has 2 aromatic carbocycles. The van der Waals surface area contributed by atoms with Gasteiger partial charge < -0.3 is 15.7 Å². The summed E-state index contributed by atoms with van der Waals surface area (Å²) in [6.45, 7) is 3.14. The van der Waals surface area contributed by atoms with Crippen LogP contribution in [0.25, 0.3) is 0 Å². The van der Waals surface area contributed by atoms with Gasteiger partial charge in [0.25, 0.3) is 5.91 Å². The first kappa shape index (κ1) is 19.5. The lowest BCUT2D eigenvalue weighted by molar-refractivity contribution is -0.137. The Morgan fingerprint density at radius 3 is 2.15 bits per heavy atom. The summed E-state index contributed by atoms with van der Waals surface area (Å²) in [5.41, 5.74) is 2.68. The van der Waals surface area contributed by atoms with Crippen molar-refractivity contribution >= 4 is 34.9 Å². The van der Waals surface area contributed by atoms with Gasteiger partial charge in [0, 0.05) is 16.3 Å². The van der Waals surface area contributed by atoms with Crippen LogP contribution >= 0.6 is 11.6 Å². The molecule has 2 rings (SSSR count). The molecule has 0 aromatic heterocycles. The van der Waals surface area contributed by atoms with Crippen molar-refractivity contribution in [1.29, 1.82) is 0 Å². The molecule has 2 aromatic rings. The minimum Gasteiger partial charge on any atom is -0.480 e. The molecule has 1 amide bonds. The molecule has 0 saturated heterocycles. The number of rotatable bonds is 7. The number of aliphatic carboxylic acids is 1. The summed E-state index contributed by atoms with van der Waals surface area (Å²) in [6.07, 6.45) is 0. The number of Topliss-reactive ketones (excluding diaryl/α,β-unsaturated/α-hetero) is 1. The van der Waals surface area contributed by atoms with Crippen molar-refractivity contribution in [2.75, 3.05) is 11.9 Å². The second-order valence-electron chi connectivity index (χ2n) is 5.83. The number of para-hydroxylation sites is 1. The molecule has 136 valence electrons. The molecular formula is C19H19ClN2O4. The van der Waals surface area contributed by atoms with Crippen LogP contribution in [0.1, 0.15) is 21.5 Å². The Bertz CT molecular complexity index is 814. The Hall–Kier alpha value is -2.86. The molecule has 0 aliphatic rings. The highest BCUT2D eigenvalue weighted by Gasteiger charge is 2.28. The smallest absolute Gasteiger partial charge is 0.322 e. The van der Waals surface area contributed by atoms with Crippen LogP contribution in [0.2, 0.25) is 5.02 Å². The summed E-state index contributed by atoms with van der Waals surface area (Å²) in [4.78, 5) is 36.1. The van der Waals surface area contributed by atoms with Gasteiger partial charge in [-0.3, -0.25) is 14.4 Å². The molecule has 26 heavy (non-hydrogen) atoms. The fraction of sp³-hybridized carbons (Fsp3) is 0.211. The van der Waals surface area contributed by atoms with E-state index in [2.05, 4.69) is 10.6 Å². The predicted octanol–water partition coefficient (Wildman–Crippen LogP) is 2.82. The zero-order chi connectivity index (χ0) is 19.3. The van der Waals surface area contributed by atoms with Crippen molar-refractivity contribution < 1.29 is 19.5 Å². The molecule has 6 nitrogen and oxygen atoms in total. The first-order valence-electron chi connectivity index (χ1n) is 7.91. The van der Waals surface area contributed by atoms with E-state index in [0.29, 0.717) is 16.3 Å². The van der Waals surface area contributed by atoms with E-state index < -0.39 is 30.2 Å². The van der Waals surface area contributed by atoms with Gasteiger partial charge in [-0.15, -0.1) is 0 Å². The molecule has 0 aliphatic heterocycles. The van der Waals surface area contributed by atoms with Crippen LogP contribution in [0, 0.1) is 13.8 Å². The number of amides is 1. The Labute approximate surface area is 156 Å². The SMILES string of the molecule is Cc1cccc(C)c1NC(C(=O)NCC(=O)O)C(=O)c1ccc(Cl)cc1. The summed E-state index contributed by atoms with van der Waals surface area (Å²) in [6, 6.07) is 10.5. The minimum absolute atomic E-state index is 0.295. The Balaban J connectivity index is 2.34. The molecular weight excluding hydrogens is 356 g/mol. The standard InChI is InChI=1S/C19H19ClN2O4/c1-11-4-3-5-12(2)16(11)22-17(19(26)21-10-15(23)24)18(25)13-6-8-14(20)9-7-13/h3-9,17,22H,10H2,1-2H3,(H,21,26)(H,23,24). The van der Waals surface area contributed by atoms with E-state index in [-0.39, 0.29) is 0 Å². The van der Waals surface area contributed by atoms with Gasteiger partial charge in [0.15, 0.2) is 11.8 Å². The largest absolute Gasteiger partial charge is 0.480 e.